The average molecular weight is 403 g/mol. The second kappa shape index (κ2) is 8.28. The zero-order valence-corrected chi connectivity index (χ0v) is 17.1. The predicted molar refractivity (Wildman–Crippen MR) is 122 cm³/mol. The lowest BCUT2D eigenvalue weighted by Gasteiger charge is -2.08. The maximum absolute atomic E-state index is 5.79. The van der Waals surface area contributed by atoms with Gasteiger partial charge in [-0.1, -0.05) is 66.7 Å². The van der Waals surface area contributed by atoms with E-state index in [1.807, 2.05) is 48.2 Å². The normalized spacial score (nSPS) is 14.4. The highest BCUT2D eigenvalue weighted by Gasteiger charge is 2.07. The molecule has 0 amide bonds. The number of pyridine rings is 2. The number of hydrogen-bond acceptors (Lipinski definition) is 2. The van der Waals surface area contributed by atoms with Crippen LogP contribution in [0.15, 0.2) is 115 Å². The molecule has 1 aliphatic heterocycles. The SMILES string of the molecule is Cn1ccc(-c2ccc(-c3ccccc3)cc2)cc1=[N+]1[C-]=C(Oc2ccccn2)C=C1. The fourth-order valence-electron chi connectivity index (χ4n) is 3.51. The number of ether oxygens (including phenoxy) is 1. The van der Waals surface area contributed by atoms with Crippen molar-refractivity contribution in [3.8, 4) is 28.1 Å². The molecule has 0 aliphatic carbocycles. The van der Waals surface area contributed by atoms with Gasteiger partial charge in [-0.05, 0) is 46.7 Å². The second-order valence-electron chi connectivity index (χ2n) is 7.26. The first-order valence-corrected chi connectivity index (χ1v) is 10.1. The first-order valence-electron chi connectivity index (χ1n) is 10.1. The second-order valence-corrected chi connectivity index (χ2v) is 7.26. The largest absolute Gasteiger partial charge is 0.456 e. The minimum atomic E-state index is 0.549. The summed E-state index contributed by atoms with van der Waals surface area (Å²) in [5.41, 5.74) is 5.72. The van der Waals surface area contributed by atoms with Gasteiger partial charge in [-0.3, -0.25) is 4.57 Å². The van der Waals surface area contributed by atoms with Crippen LogP contribution in [-0.2, 0) is 7.05 Å². The van der Waals surface area contributed by atoms with Crippen molar-refractivity contribution in [2.75, 3.05) is 0 Å². The molecule has 3 heterocycles. The average Bonchev–Trinajstić information content (AvgIpc) is 3.29. The van der Waals surface area contributed by atoms with E-state index in [2.05, 4.69) is 82.6 Å². The third kappa shape index (κ3) is 4.09. The van der Waals surface area contributed by atoms with Crippen LogP contribution in [0.3, 0.4) is 0 Å². The molecule has 0 spiro atoms. The molecule has 0 bridgehead atoms. The zero-order valence-electron chi connectivity index (χ0n) is 17.1. The van der Waals surface area contributed by atoms with E-state index in [-0.39, 0.29) is 0 Å². The molecule has 5 rings (SSSR count). The summed E-state index contributed by atoms with van der Waals surface area (Å²) in [4.78, 5) is 4.20. The molecule has 0 fully saturated rings. The van der Waals surface area contributed by atoms with Gasteiger partial charge in [0.1, 0.15) is 0 Å². The van der Waals surface area contributed by atoms with Crippen LogP contribution in [-0.4, -0.2) is 9.55 Å². The lowest BCUT2D eigenvalue weighted by molar-refractivity contribution is 0.423. The molecule has 0 saturated heterocycles. The highest BCUT2D eigenvalue weighted by atomic mass is 16.5. The standard InChI is InChI=1S/C27H21N3O/c1-29-17-14-24(23-12-10-22(11-13-23)21-7-3-2-4-8-21)19-27(29)30-18-15-25(20-30)31-26-9-5-6-16-28-26/h2-19H,1H3. The molecule has 0 N–H and O–H groups in total. The Balaban J connectivity index is 1.47. The molecule has 4 aromatic rings. The Labute approximate surface area is 181 Å². The van der Waals surface area contributed by atoms with Crippen molar-refractivity contribution in [1.29, 1.82) is 0 Å². The van der Waals surface area contributed by atoms with Crippen molar-refractivity contribution in [1.82, 2.24) is 14.1 Å². The maximum Gasteiger partial charge on any atom is 0.217 e. The highest BCUT2D eigenvalue weighted by Crippen LogP contribution is 2.24. The van der Waals surface area contributed by atoms with Crippen LogP contribution in [0, 0.1) is 6.20 Å². The summed E-state index contributed by atoms with van der Waals surface area (Å²) < 4.78 is 9.78. The van der Waals surface area contributed by atoms with Gasteiger partial charge in [0.2, 0.25) is 11.4 Å². The van der Waals surface area contributed by atoms with Gasteiger partial charge in [0.05, 0.1) is 25.2 Å². The fraction of sp³-hybridized carbons (Fsp3) is 0.0370. The smallest absolute Gasteiger partial charge is 0.217 e. The van der Waals surface area contributed by atoms with E-state index < -0.39 is 0 Å². The molecule has 0 atom stereocenters. The van der Waals surface area contributed by atoms with Crippen LogP contribution < -0.4 is 14.8 Å². The first-order chi connectivity index (χ1) is 15.3. The molecule has 4 heteroatoms. The van der Waals surface area contributed by atoms with Crippen molar-refractivity contribution < 1.29 is 4.74 Å². The molecule has 4 nitrogen and oxygen atoms in total. The van der Waals surface area contributed by atoms with E-state index in [9.17, 15) is 0 Å². The molecule has 2 aromatic heterocycles. The van der Waals surface area contributed by atoms with Crippen molar-refractivity contribution in [2.24, 2.45) is 7.05 Å². The molecule has 31 heavy (non-hydrogen) atoms. The van der Waals surface area contributed by atoms with Gasteiger partial charge in [0.15, 0.2) is 0 Å². The van der Waals surface area contributed by atoms with Gasteiger partial charge in [0, 0.05) is 12.3 Å². The highest BCUT2D eigenvalue weighted by molar-refractivity contribution is 5.70. The Bertz CT molecular complexity index is 1330. The zero-order chi connectivity index (χ0) is 21.0. The summed E-state index contributed by atoms with van der Waals surface area (Å²) in [6.07, 6.45) is 10.9. The van der Waals surface area contributed by atoms with E-state index in [1.54, 1.807) is 6.20 Å². The Morgan fingerprint density at radius 3 is 2.26 bits per heavy atom. The van der Waals surface area contributed by atoms with Gasteiger partial charge >= 0.3 is 0 Å². The number of rotatable bonds is 4. The Morgan fingerprint density at radius 2 is 1.52 bits per heavy atom. The number of aryl methyl sites for hydroxylation is 1. The van der Waals surface area contributed by atoms with Crippen molar-refractivity contribution in [3.63, 3.8) is 0 Å². The topological polar surface area (TPSA) is 30.1 Å². The summed E-state index contributed by atoms with van der Waals surface area (Å²) in [5, 5.41) is 0. The number of nitrogens with zero attached hydrogens (tertiary/aromatic N) is 3. The van der Waals surface area contributed by atoms with Crippen LogP contribution in [0.25, 0.3) is 22.3 Å². The summed E-state index contributed by atoms with van der Waals surface area (Å²) >= 11 is 0. The van der Waals surface area contributed by atoms with Crippen LogP contribution in [0.4, 0.5) is 0 Å². The monoisotopic (exact) mass is 403 g/mol. The number of aromatic nitrogens is 2. The van der Waals surface area contributed by atoms with Gasteiger partial charge in [0.25, 0.3) is 0 Å². The van der Waals surface area contributed by atoms with Crippen LogP contribution >= 0.6 is 0 Å². The lowest BCUT2D eigenvalue weighted by atomic mass is 10.0. The molecule has 0 unspecified atom stereocenters. The molecule has 0 saturated carbocycles. The van der Waals surface area contributed by atoms with Gasteiger partial charge in [-0.25, -0.2) is 4.98 Å². The van der Waals surface area contributed by atoms with E-state index in [1.165, 1.54) is 16.7 Å². The van der Waals surface area contributed by atoms with Gasteiger partial charge in [-0.15, -0.1) is 0 Å². The summed E-state index contributed by atoms with van der Waals surface area (Å²) in [6, 6.07) is 28.9. The Hall–Kier alpha value is -4.18. The van der Waals surface area contributed by atoms with Gasteiger partial charge < -0.3 is 9.31 Å². The van der Waals surface area contributed by atoms with Gasteiger partial charge in [-0.2, -0.15) is 0 Å². The fourth-order valence-corrected chi connectivity index (χ4v) is 3.51. The third-order valence-electron chi connectivity index (χ3n) is 5.15. The van der Waals surface area contributed by atoms with Crippen molar-refractivity contribution in [2.45, 2.75) is 0 Å². The number of benzene rings is 2. The van der Waals surface area contributed by atoms with Crippen molar-refractivity contribution in [3.05, 3.63) is 127 Å². The summed E-state index contributed by atoms with van der Waals surface area (Å²) in [6.45, 7) is 0. The Morgan fingerprint density at radius 1 is 0.806 bits per heavy atom. The number of hydrogen-bond donors (Lipinski definition) is 0. The molecular weight excluding hydrogens is 382 g/mol. The summed E-state index contributed by atoms with van der Waals surface area (Å²) in [5.74, 6) is 1.17. The molecule has 150 valence electrons. The third-order valence-corrected chi connectivity index (χ3v) is 5.15. The van der Waals surface area contributed by atoms with Crippen LogP contribution in [0.2, 0.25) is 0 Å². The maximum atomic E-state index is 5.79. The van der Waals surface area contributed by atoms with Crippen LogP contribution in [0.5, 0.6) is 5.88 Å². The molecular formula is C27H21N3O. The molecule has 2 aromatic carbocycles. The minimum absolute atomic E-state index is 0.549. The quantitative estimate of drug-likeness (QED) is 0.363. The van der Waals surface area contributed by atoms with E-state index in [0.717, 1.165) is 11.1 Å². The number of allylic oxidation sites excluding steroid dienone is 1. The first kappa shape index (κ1) is 18.8. The van der Waals surface area contributed by atoms with Crippen molar-refractivity contribution >= 4 is 0 Å². The molecule has 0 radical (unpaired) electrons. The lowest BCUT2D eigenvalue weighted by Crippen LogP contribution is -2.28. The van der Waals surface area contributed by atoms with E-state index >= 15 is 0 Å². The van der Waals surface area contributed by atoms with Crippen LogP contribution in [0.1, 0.15) is 0 Å². The van der Waals surface area contributed by atoms with E-state index in [4.69, 9.17) is 4.74 Å². The molecule has 1 aliphatic rings. The summed E-state index contributed by atoms with van der Waals surface area (Å²) in [7, 11) is 2.02. The minimum Gasteiger partial charge on any atom is -0.456 e. The predicted octanol–water partition coefficient (Wildman–Crippen LogP) is 4.78. The Kier molecular flexibility index (Phi) is 5.03. The van der Waals surface area contributed by atoms with E-state index in [0.29, 0.717) is 11.6 Å².